The number of fused-ring (bicyclic) bond motifs is 1. The van der Waals surface area contributed by atoms with Gasteiger partial charge in [0, 0.05) is 41.7 Å². The Morgan fingerprint density at radius 2 is 1.97 bits per heavy atom. The van der Waals surface area contributed by atoms with Gasteiger partial charge in [0.1, 0.15) is 11.5 Å². The second-order valence-electron chi connectivity index (χ2n) is 9.57. The van der Waals surface area contributed by atoms with Gasteiger partial charge in [-0.25, -0.2) is 4.68 Å². The molecule has 2 atom stereocenters. The van der Waals surface area contributed by atoms with E-state index in [1.54, 1.807) is 14.2 Å². The highest BCUT2D eigenvalue weighted by Gasteiger charge is 2.28. The van der Waals surface area contributed by atoms with Gasteiger partial charge in [0.05, 0.1) is 32.9 Å². The van der Waals surface area contributed by atoms with Gasteiger partial charge in [-0.2, -0.15) is 0 Å². The highest BCUT2D eigenvalue weighted by Crippen LogP contribution is 2.30. The van der Waals surface area contributed by atoms with E-state index in [0.29, 0.717) is 25.2 Å². The lowest BCUT2D eigenvalue weighted by molar-refractivity contribution is 0.0887. The smallest absolute Gasteiger partial charge is 0.252 e. The molecular weight excluding hydrogens is 484 g/mol. The Morgan fingerprint density at radius 1 is 1.13 bits per heavy atom. The zero-order valence-corrected chi connectivity index (χ0v) is 22.1. The van der Waals surface area contributed by atoms with Gasteiger partial charge in [0.15, 0.2) is 5.82 Å². The average molecular weight is 519 g/mol. The Labute approximate surface area is 221 Å². The number of ether oxygens (including phenoxy) is 3. The third kappa shape index (κ3) is 5.56. The van der Waals surface area contributed by atoms with Crippen LogP contribution in [0.15, 0.2) is 53.3 Å². The van der Waals surface area contributed by atoms with Gasteiger partial charge in [0.25, 0.3) is 5.56 Å². The van der Waals surface area contributed by atoms with E-state index in [4.69, 9.17) is 14.2 Å². The Kier molecular flexibility index (Phi) is 8.00. The fraction of sp³-hybridized carbons (Fsp3) is 0.429. The number of aromatic amines is 1. The molecule has 1 saturated heterocycles. The minimum atomic E-state index is -0.142. The Hall–Kier alpha value is -3.76. The first-order valence-corrected chi connectivity index (χ1v) is 13.0. The monoisotopic (exact) mass is 518 g/mol. The molecule has 3 heterocycles. The van der Waals surface area contributed by atoms with Crippen LogP contribution in [0.1, 0.15) is 49.2 Å². The topological polar surface area (TPSA) is 107 Å². The van der Waals surface area contributed by atoms with Crippen LogP contribution in [0.5, 0.6) is 11.5 Å². The van der Waals surface area contributed by atoms with Gasteiger partial charge >= 0.3 is 0 Å². The summed E-state index contributed by atoms with van der Waals surface area (Å²) < 4.78 is 18.8. The Morgan fingerprint density at radius 3 is 2.74 bits per heavy atom. The summed E-state index contributed by atoms with van der Waals surface area (Å²) in [6.07, 6.45) is 2.90. The first-order valence-electron chi connectivity index (χ1n) is 13.0. The number of H-pyrrole nitrogens is 1. The lowest BCUT2D eigenvalue weighted by Gasteiger charge is -2.31. The predicted octanol–water partition coefficient (Wildman–Crippen LogP) is 3.86. The van der Waals surface area contributed by atoms with Crippen molar-refractivity contribution in [2.45, 2.75) is 58.0 Å². The van der Waals surface area contributed by atoms with E-state index in [-0.39, 0.29) is 17.7 Å². The van der Waals surface area contributed by atoms with Gasteiger partial charge < -0.3 is 19.2 Å². The highest BCUT2D eigenvalue weighted by atomic mass is 16.5. The van der Waals surface area contributed by atoms with Crippen molar-refractivity contribution in [2.75, 3.05) is 20.8 Å². The summed E-state index contributed by atoms with van der Waals surface area (Å²) in [5.41, 5.74) is 2.31. The molecule has 1 fully saturated rings. The van der Waals surface area contributed by atoms with Gasteiger partial charge in [-0.15, -0.1) is 5.10 Å². The molecule has 200 valence electrons. The molecule has 0 unspecified atom stereocenters. The largest absolute Gasteiger partial charge is 0.497 e. The van der Waals surface area contributed by atoms with E-state index >= 15 is 0 Å². The number of aromatic nitrogens is 5. The number of para-hydroxylation sites is 1. The lowest BCUT2D eigenvalue weighted by Crippen LogP contribution is -2.33. The molecule has 10 heteroatoms. The summed E-state index contributed by atoms with van der Waals surface area (Å²) in [5, 5.41) is 13.7. The first kappa shape index (κ1) is 25.9. The van der Waals surface area contributed by atoms with E-state index in [9.17, 15) is 4.79 Å². The quantitative estimate of drug-likeness (QED) is 0.319. The number of tetrazole rings is 1. The molecule has 0 spiro atoms. The second-order valence-corrected chi connectivity index (χ2v) is 9.57. The van der Waals surface area contributed by atoms with Crippen LogP contribution in [0, 0.1) is 0 Å². The molecule has 38 heavy (non-hydrogen) atoms. The fourth-order valence-electron chi connectivity index (χ4n) is 5.19. The van der Waals surface area contributed by atoms with Crippen molar-refractivity contribution in [1.82, 2.24) is 30.1 Å². The van der Waals surface area contributed by atoms with E-state index in [1.165, 1.54) is 0 Å². The standard InChI is InChI=1S/C28H34N6O4/c1-4-25(27-30-31-32-34(27)18-23-9-7-13-38-23)33(16-19-8-5-6-10-26(19)37-3)17-21-14-20-15-22(36-2)11-12-24(20)29-28(21)35/h5-6,8,10-12,14-15,23,25H,4,7,9,13,16-18H2,1-3H3,(H,29,35)/t23-,25+/m1/s1. The van der Waals surface area contributed by atoms with Crippen molar-refractivity contribution in [3.8, 4) is 11.5 Å². The predicted molar refractivity (Wildman–Crippen MR) is 143 cm³/mol. The minimum absolute atomic E-state index is 0.107. The average Bonchev–Trinajstić information content (AvgIpc) is 3.62. The maximum atomic E-state index is 13.2. The molecule has 1 aliphatic heterocycles. The van der Waals surface area contributed by atoms with E-state index < -0.39 is 0 Å². The zero-order valence-electron chi connectivity index (χ0n) is 22.1. The molecule has 5 rings (SSSR count). The summed E-state index contributed by atoms with van der Waals surface area (Å²) in [4.78, 5) is 18.5. The van der Waals surface area contributed by atoms with Gasteiger partial charge in [0.2, 0.25) is 0 Å². The van der Waals surface area contributed by atoms with Crippen LogP contribution in [-0.4, -0.2) is 57.0 Å². The van der Waals surface area contributed by atoms with E-state index in [1.807, 2.05) is 53.2 Å². The minimum Gasteiger partial charge on any atom is -0.497 e. The van der Waals surface area contributed by atoms with Crippen LogP contribution < -0.4 is 15.0 Å². The molecule has 1 aliphatic rings. The van der Waals surface area contributed by atoms with Crippen molar-refractivity contribution in [2.24, 2.45) is 0 Å². The normalized spacial score (nSPS) is 16.3. The summed E-state index contributed by atoms with van der Waals surface area (Å²) >= 11 is 0. The van der Waals surface area contributed by atoms with E-state index in [2.05, 4.69) is 32.3 Å². The van der Waals surface area contributed by atoms with Crippen molar-refractivity contribution < 1.29 is 14.2 Å². The molecule has 0 aliphatic carbocycles. The van der Waals surface area contributed by atoms with Crippen LogP contribution in [-0.2, 0) is 24.4 Å². The van der Waals surface area contributed by atoms with Crippen molar-refractivity contribution >= 4 is 10.9 Å². The molecule has 2 aromatic carbocycles. The van der Waals surface area contributed by atoms with Gasteiger partial charge in [-0.05, 0) is 60.0 Å². The number of rotatable bonds is 11. The SMILES string of the molecule is CC[C@@H](c1nnnn1C[C@H]1CCCO1)N(Cc1ccccc1OC)Cc1cc2cc(OC)ccc2[nH]c1=O. The summed E-state index contributed by atoms with van der Waals surface area (Å²) in [6, 6.07) is 15.4. The first-order chi connectivity index (χ1) is 18.6. The fourth-order valence-corrected chi connectivity index (χ4v) is 5.19. The molecule has 0 saturated carbocycles. The van der Waals surface area contributed by atoms with Crippen molar-refractivity contribution in [3.63, 3.8) is 0 Å². The van der Waals surface area contributed by atoms with Gasteiger partial charge in [-0.3, -0.25) is 9.69 Å². The number of nitrogens with one attached hydrogen (secondary N) is 1. The molecule has 0 radical (unpaired) electrons. The number of hydrogen-bond donors (Lipinski definition) is 1. The summed E-state index contributed by atoms with van der Waals surface area (Å²) in [7, 11) is 3.30. The third-order valence-corrected chi connectivity index (χ3v) is 7.15. The number of hydrogen-bond acceptors (Lipinski definition) is 8. The molecular formula is C28H34N6O4. The number of nitrogens with zero attached hydrogens (tertiary/aromatic N) is 5. The lowest BCUT2D eigenvalue weighted by atomic mass is 10.1. The maximum absolute atomic E-state index is 13.2. The Balaban J connectivity index is 1.53. The summed E-state index contributed by atoms with van der Waals surface area (Å²) in [5.74, 6) is 2.29. The van der Waals surface area contributed by atoms with Crippen molar-refractivity contribution in [1.29, 1.82) is 0 Å². The summed E-state index contributed by atoms with van der Waals surface area (Å²) in [6.45, 7) is 4.43. The molecule has 4 aromatic rings. The van der Waals surface area contributed by atoms with Crippen molar-refractivity contribution in [3.05, 3.63) is 75.8 Å². The van der Waals surface area contributed by atoms with Crippen LogP contribution in [0.2, 0.25) is 0 Å². The molecule has 0 amide bonds. The van der Waals surface area contributed by atoms with E-state index in [0.717, 1.165) is 59.7 Å². The van der Waals surface area contributed by atoms with Crippen LogP contribution in [0.4, 0.5) is 0 Å². The molecule has 0 bridgehead atoms. The number of pyridine rings is 1. The van der Waals surface area contributed by atoms with Gasteiger partial charge in [-0.1, -0.05) is 25.1 Å². The maximum Gasteiger partial charge on any atom is 0.252 e. The van der Waals surface area contributed by atoms with Crippen LogP contribution in [0.25, 0.3) is 10.9 Å². The molecule has 1 N–H and O–H groups in total. The number of methoxy groups -OCH3 is 2. The zero-order chi connectivity index (χ0) is 26.5. The third-order valence-electron chi connectivity index (χ3n) is 7.15. The van der Waals surface area contributed by atoms with Crippen LogP contribution >= 0.6 is 0 Å². The van der Waals surface area contributed by atoms with Crippen LogP contribution in [0.3, 0.4) is 0 Å². The molecule has 10 nitrogen and oxygen atoms in total. The number of benzene rings is 2. The Bertz CT molecular complexity index is 1430. The highest BCUT2D eigenvalue weighted by molar-refractivity contribution is 5.80. The second kappa shape index (κ2) is 11.7. The molecule has 2 aromatic heterocycles.